The molecule has 0 aromatic heterocycles. The summed E-state index contributed by atoms with van der Waals surface area (Å²) in [7, 11) is 0. The Balaban J connectivity index is 0.00000144. The summed E-state index contributed by atoms with van der Waals surface area (Å²) in [5.74, 6) is -0.165. The fraction of sp³-hybridized carbons (Fsp3) is 0.500. The normalized spacial score (nSPS) is 17.0. The molecule has 1 aromatic rings. The number of esters is 1. The number of carbonyl (C=O) groups is 1. The maximum Gasteiger partial charge on any atom is 0.334 e. The third kappa shape index (κ3) is 5.21. The molecule has 134 valence electrons. The van der Waals surface area contributed by atoms with E-state index in [1.54, 1.807) is 0 Å². The second kappa shape index (κ2) is 10.0. The fourth-order valence-electron chi connectivity index (χ4n) is 3.20. The molecule has 2 aliphatic rings. The molecule has 2 aliphatic heterocycles. The van der Waals surface area contributed by atoms with Crippen molar-refractivity contribution in [3.05, 3.63) is 46.5 Å². The second-order valence-corrected chi connectivity index (χ2v) is 5.98. The second-order valence-electron chi connectivity index (χ2n) is 5.98. The van der Waals surface area contributed by atoms with Gasteiger partial charge in [-0.15, -0.1) is 24.8 Å². The van der Waals surface area contributed by atoms with Crippen LogP contribution in [0.5, 0.6) is 0 Å². The van der Waals surface area contributed by atoms with Crippen LogP contribution in [0.1, 0.15) is 30.0 Å². The van der Waals surface area contributed by atoms with E-state index in [-0.39, 0.29) is 30.8 Å². The molecule has 0 saturated carbocycles. The van der Waals surface area contributed by atoms with Crippen molar-refractivity contribution in [2.24, 2.45) is 0 Å². The first-order chi connectivity index (χ1) is 10.8. The Hall–Kier alpha value is -1.07. The molecule has 24 heavy (non-hydrogen) atoms. The molecule has 0 saturated heterocycles. The number of ether oxygens (including phenoxy) is 1. The van der Waals surface area contributed by atoms with Crippen molar-refractivity contribution in [2.75, 3.05) is 26.2 Å². The highest BCUT2D eigenvalue weighted by molar-refractivity contribution is 5.89. The summed E-state index contributed by atoms with van der Waals surface area (Å²) in [6, 6.07) is 6.80. The Kier molecular flexibility index (Phi) is 8.78. The van der Waals surface area contributed by atoms with E-state index in [1.807, 2.05) is 13.0 Å². The van der Waals surface area contributed by atoms with Gasteiger partial charge in [-0.25, -0.2) is 4.79 Å². The van der Waals surface area contributed by atoms with Crippen LogP contribution in [0.25, 0.3) is 0 Å². The van der Waals surface area contributed by atoms with Crippen LogP contribution in [0.2, 0.25) is 0 Å². The van der Waals surface area contributed by atoms with Gasteiger partial charge >= 0.3 is 5.97 Å². The molecule has 0 spiro atoms. The molecule has 0 atom stereocenters. The van der Waals surface area contributed by atoms with Crippen LogP contribution in [0.4, 0.5) is 0 Å². The zero-order chi connectivity index (χ0) is 15.4. The van der Waals surface area contributed by atoms with Crippen molar-refractivity contribution < 1.29 is 9.53 Å². The predicted molar refractivity (Wildman–Crippen MR) is 101 cm³/mol. The minimum atomic E-state index is -0.165. The third-order valence-electron chi connectivity index (χ3n) is 4.33. The molecule has 0 fully saturated rings. The Morgan fingerprint density at radius 2 is 2.12 bits per heavy atom. The van der Waals surface area contributed by atoms with Gasteiger partial charge in [-0.3, -0.25) is 4.90 Å². The van der Waals surface area contributed by atoms with Gasteiger partial charge < -0.3 is 10.1 Å². The van der Waals surface area contributed by atoms with Crippen LogP contribution in [0.15, 0.2) is 29.8 Å². The highest BCUT2D eigenvalue weighted by Gasteiger charge is 2.19. The number of halogens is 2. The zero-order valence-corrected chi connectivity index (χ0v) is 15.7. The molecular formula is C18H26Cl2N2O2. The molecule has 3 rings (SSSR count). The van der Waals surface area contributed by atoms with E-state index in [1.165, 1.54) is 16.7 Å². The molecule has 0 radical (unpaired) electrons. The predicted octanol–water partition coefficient (Wildman–Crippen LogP) is 2.87. The summed E-state index contributed by atoms with van der Waals surface area (Å²) in [5.41, 5.74) is 5.01. The quantitative estimate of drug-likeness (QED) is 0.825. The summed E-state index contributed by atoms with van der Waals surface area (Å²) in [4.78, 5) is 14.2. The topological polar surface area (TPSA) is 41.6 Å². The molecule has 4 nitrogen and oxygen atoms in total. The number of nitrogens with zero attached hydrogens (tertiary/aromatic N) is 1. The Morgan fingerprint density at radius 1 is 1.29 bits per heavy atom. The van der Waals surface area contributed by atoms with E-state index in [0.29, 0.717) is 13.2 Å². The lowest BCUT2D eigenvalue weighted by Crippen LogP contribution is -2.32. The smallest absolute Gasteiger partial charge is 0.334 e. The average Bonchev–Trinajstić information content (AvgIpc) is 2.55. The van der Waals surface area contributed by atoms with Crippen molar-refractivity contribution in [1.82, 2.24) is 10.2 Å². The van der Waals surface area contributed by atoms with Gasteiger partial charge in [0.15, 0.2) is 0 Å². The molecule has 0 aliphatic carbocycles. The number of hydrogen-bond acceptors (Lipinski definition) is 4. The summed E-state index contributed by atoms with van der Waals surface area (Å²) in [6.07, 6.45) is 4.06. The highest BCUT2D eigenvalue weighted by atomic mass is 35.5. The molecule has 0 unspecified atom stereocenters. The van der Waals surface area contributed by atoms with Gasteiger partial charge in [0.25, 0.3) is 0 Å². The van der Waals surface area contributed by atoms with Crippen molar-refractivity contribution in [1.29, 1.82) is 0 Å². The first kappa shape index (κ1) is 21.0. The molecule has 0 bridgehead atoms. The number of rotatable bonds is 4. The monoisotopic (exact) mass is 372 g/mol. The van der Waals surface area contributed by atoms with Gasteiger partial charge in [-0.1, -0.05) is 24.3 Å². The van der Waals surface area contributed by atoms with Crippen LogP contribution in [-0.2, 0) is 29.0 Å². The van der Waals surface area contributed by atoms with Crippen LogP contribution < -0.4 is 5.32 Å². The molecule has 1 aromatic carbocycles. The van der Waals surface area contributed by atoms with Crippen LogP contribution >= 0.6 is 24.8 Å². The number of carbonyl (C=O) groups excluding carboxylic acids is 1. The SMILES string of the molecule is CCOC(=O)C1=CCCN(Cc2ccc3c(c2)CNCC3)C1.Cl.Cl. The van der Waals surface area contributed by atoms with Gasteiger partial charge in [-0.2, -0.15) is 0 Å². The maximum atomic E-state index is 11.9. The lowest BCUT2D eigenvalue weighted by atomic mass is 9.98. The van der Waals surface area contributed by atoms with Gasteiger partial charge in [-0.05, 0) is 43.0 Å². The fourth-order valence-corrected chi connectivity index (χ4v) is 3.20. The van der Waals surface area contributed by atoms with E-state index in [4.69, 9.17) is 4.74 Å². The molecule has 6 heteroatoms. The molecule has 2 heterocycles. The van der Waals surface area contributed by atoms with E-state index >= 15 is 0 Å². The first-order valence-corrected chi connectivity index (χ1v) is 8.16. The van der Waals surface area contributed by atoms with Crippen LogP contribution in [0.3, 0.4) is 0 Å². The summed E-state index contributed by atoms with van der Waals surface area (Å²) in [5, 5.41) is 3.42. The van der Waals surface area contributed by atoms with Crippen molar-refractivity contribution in [3.63, 3.8) is 0 Å². The van der Waals surface area contributed by atoms with Crippen LogP contribution in [0, 0.1) is 0 Å². The number of hydrogen-bond donors (Lipinski definition) is 1. The lowest BCUT2D eigenvalue weighted by Gasteiger charge is -2.27. The highest BCUT2D eigenvalue weighted by Crippen LogP contribution is 2.19. The molecular weight excluding hydrogens is 347 g/mol. The zero-order valence-electron chi connectivity index (χ0n) is 14.0. The number of fused-ring (bicyclic) bond motifs is 1. The number of benzene rings is 1. The van der Waals surface area contributed by atoms with Crippen molar-refractivity contribution >= 4 is 30.8 Å². The summed E-state index contributed by atoms with van der Waals surface area (Å²) >= 11 is 0. The lowest BCUT2D eigenvalue weighted by molar-refractivity contribution is -0.138. The molecule has 1 N–H and O–H groups in total. The van der Waals surface area contributed by atoms with Gasteiger partial charge in [0.2, 0.25) is 0 Å². The van der Waals surface area contributed by atoms with Gasteiger partial charge in [0, 0.05) is 31.8 Å². The van der Waals surface area contributed by atoms with Crippen molar-refractivity contribution in [2.45, 2.75) is 32.9 Å². The minimum absolute atomic E-state index is 0. The maximum absolute atomic E-state index is 11.9. The van der Waals surface area contributed by atoms with Gasteiger partial charge in [0.1, 0.15) is 0 Å². The Labute approximate surface area is 156 Å². The van der Waals surface area contributed by atoms with Crippen molar-refractivity contribution in [3.8, 4) is 0 Å². The Morgan fingerprint density at radius 3 is 2.92 bits per heavy atom. The molecule has 0 amide bonds. The largest absolute Gasteiger partial charge is 0.463 e. The average molecular weight is 373 g/mol. The number of nitrogens with one attached hydrogen (secondary N) is 1. The minimum Gasteiger partial charge on any atom is -0.463 e. The summed E-state index contributed by atoms with van der Waals surface area (Å²) < 4.78 is 5.11. The van der Waals surface area contributed by atoms with E-state index in [2.05, 4.69) is 28.4 Å². The van der Waals surface area contributed by atoms with Gasteiger partial charge in [0.05, 0.1) is 6.61 Å². The third-order valence-corrected chi connectivity index (χ3v) is 4.33. The van der Waals surface area contributed by atoms with E-state index in [0.717, 1.165) is 44.6 Å². The summed E-state index contributed by atoms with van der Waals surface area (Å²) in [6.45, 7) is 6.91. The standard InChI is InChI=1S/C18H24N2O2.2ClH/c1-2-22-18(21)16-4-3-9-20(13-16)12-14-5-6-15-7-8-19-11-17(15)10-14;;/h4-6,10,19H,2-3,7-9,11-13H2,1H3;2*1H. The first-order valence-electron chi connectivity index (χ1n) is 8.16. The van der Waals surface area contributed by atoms with E-state index < -0.39 is 0 Å². The van der Waals surface area contributed by atoms with Crippen LogP contribution in [-0.4, -0.2) is 37.1 Å². The van der Waals surface area contributed by atoms with E-state index in [9.17, 15) is 4.79 Å². The Bertz CT molecular complexity index is 590.